The van der Waals surface area contributed by atoms with Gasteiger partial charge in [-0.2, -0.15) is 5.10 Å². The van der Waals surface area contributed by atoms with Gasteiger partial charge in [0, 0.05) is 29.8 Å². The van der Waals surface area contributed by atoms with Gasteiger partial charge in [0.15, 0.2) is 0 Å². The van der Waals surface area contributed by atoms with E-state index in [2.05, 4.69) is 51.6 Å². The Morgan fingerprint density at radius 1 is 0.933 bits per heavy atom. The lowest BCUT2D eigenvalue weighted by Crippen LogP contribution is -2.36. The van der Waals surface area contributed by atoms with Crippen LogP contribution in [0.15, 0.2) is 72.9 Å². The van der Waals surface area contributed by atoms with Gasteiger partial charge in [0.05, 0.1) is 18.4 Å². The minimum Gasteiger partial charge on any atom is -0.332 e. The normalized spacial score (nSPS) is 13.2. The molecule has 0 unspecified atom stereocenters. The van der Waals surface area contributed by atoms with Crippen molar-refractivity contribution in [1.29, 1.82) is 0 Å². The van der Waals surface area contributed by atoms with Crippen LogP contribution in [0.1, 0.15) is 21.7 Å². The lowest BCUT2D eigenvalue weighted by molar-refractivity contribution is 0.0728. The van der Waals surface area contributed by atoms with Crippen molar-refractivity contribution in [2.75, 3.05) is 6.54 Å². The highest BCUT2D eigenvalue weighted by Crippen LogP contribution is 2.30. The topological polar surface area (TPSA) is 61.9 Å². The van der Waals surface area contributed by atoms with E-state index in [9.17, 15) is 9.18 Å². The molecule has 0 saturated carbocycles. The number of carbonyl (C=O) groups is 1. The summed E-state index contributed by atoms with van der Waals surface area (Å²) in [5.74, 6) is -0.657. The molecule has 0 spiro atoms. The number of nitrogens with one attached hydrogen (secondary N) is 1. The van der Waals surface area contributed by atoms with Gasteiger partial charge in [-0.25, -0.2) is 9.37 Å². The largest absolute Gasteiger partial charge is 0.332 e. The first-order chi connectivity index (χ1) is 14.7. The molecular formula is C24H19FN4O. The third kappa shape index (κ3) is 3.37. The number of rotatable bonds is 3. The van der Waals surface area contributed by atoms with Gasteiger partial charge >= 0.3 is 0 Å². The van der Waals surface area contributed by atoms with Crippen molar-refractivity contribution >= 4 is 5.91 Å². The van der Waals surface area contributed by atoms with Crippen molar-refractivity contribution < 1.29 is 9.18 Å². The minimum atomic E-state index is -0.455. The first-order valence-electron chi connectivity index (χ1n) is 9.82. The van der Waals surface area contributed by atoms with Crippen molar-refractivity contribution in [1.82, 2.24) is 20.1 Å². The maximum Gasteiger partial charge on any atom is 0.272 e. The Labute approximate surface area is 173 Å². The van der Waals surface area contributed by atoms with Crippen LogP contribution in [0.2, 0.25) is 0 Å². The van der Waals surface area contributed by atoms with Gasteiger partial charge in [-0.3, -0.25) is 9.89 Å². The third-order valence-corrected chi connectivity index (χ3v) is 5.43. The van der Waals surface area contributed by atoms with Crippen LogP contribution in [-0.4, -0.2) is 32.5 Å². The number of aromatic nitrogens is 3. The fourth-order valence-corrected chi connectivity index (χ4v) is 3.82. The molecule has 2 aromatic heterocycles. The summed E-state index contributed by atoms with van der Waals surface area (Å²) in [6, 6.07) is 21.2. The van der Waals surface area contributed by atoms with Gasteiger partial charge in [-0.05, 0) is 23.3 Å². The lowest BCUT2D eigenvalue weighted by Gasteiger charge is -2.27. The molecule has 5 nitrogen and oxygen atoms in total. The summed E-state index contributed by atoms with van der Waals surface area (Å²) < 4.78 is 13.1. The van der Waals surface area contributed by atoms with E-state index in [0.717, 1.165) is 39.8 Å². The molecule has 1 aliphatic rings. The summed E-state index contributed by atoms with van der Waals surface area (Å²) in [4.78, 5) is 18.5. The molecule has 148 valence electrons. The van der Waals surface area contributed by atoms with E-state index in [-0.39, 0.29) is 11.6 Å². The summed E-state index contributed by atoms with van der Waals surface area (Å²) in [7, 11) is 0. The molecular weight excluding hydrogens is 379 g/mol. The molecule has 1 amide bonds. The molecule has 1 aliphatic heterocycles. The number of aromatic amines is 1. The fourth-order valence-electron chi connectivity index (χ4n) is 3.82. The molecule has 3 heterocycles. The molecule has 4 aromatic rings. The van der Waals surface area contributed by atoms with Crippen LogP contribution in [-0.2, 0) is 13.0 Å². The number of hydrogen-bond acceptors (Lipinski definition) is 3. The molecule has 0 saturated heterocycles. The highest BCUT2D eigenvalue weighted by Gasteiger charge is 2.27. The molecule has 0 radical (unpaired) electrons. The number of pyridine rings is 1. The molecule has 0 bridgehead atoms. The zero-order chi connectivity index (χ0) is 20.5. The summed E-state index contributed by atoms with van der Waals surface area (Å²) in [6.45, 7) is 1.01. The number of carbonyl (C=O) groups excluding carboxylic acids is 1. The molecule has 1 N–H and O–H groups in total. The van der Waals surface area contributed by atoms with Crippen LogP contribution < -0.4 is 0 Å². The highest BCUT2D eigenvalue weighted by atomic mass is 19.1. The van der Waals surface area contributed by atoms with Crippen LogP contribution in [0.25, 0.3) is 22.4 Å². The average Bonchev–Trinajstić information content (AvgIpc) is 3.23. The van der Waals surface area contributed by atoms with Crippen LogP contribution in [0, 0.1) is 5.82 Å². The van der Waals surface area contributed by atoms with Crippen molar-refractivity contribution in [3.05, 3.63) is 95.7 Å². The summed E-state index contributed by atoms with van der Waals surface area (Å²) in [6.07, 6.45) is 1.76. The Balaban J connectivity index is 1.40. The third-order valence-electron chi connectivity index (χ3n) is 5.43. The summed E-state index contributed by atoms with van der Waals surface area (Å²) in [5.41, 5.74) is 6.48. The Bertz CT molecular complexity index is 1180. The smallest absolute Gasteiger partial charge is 0.272 e. The van der Waals surface area contributed by atoms with Gasteiger partial charge < -0.3 is 4.90 Å². The number of H-pyrrole nitrogens is 1. The van der Waals surface area contributed by atoms with Crippen molar-refractivity contribution in [2.24, 2.45) is 0 Å². The minimum absolute atomic E-state index is 0.202. The van der Waals surface area contributed by atoms with Gasteiger partial charge in [0.1, 0.15) is 11.5 Å². The van der Waals surface area contributed by atoms with E-state index in [0.29, 0.717) is 19.5 Å². The van der Waals surface area contributed by atoms with Gasteiger partial charge in [0.25, 0.3) is 5.91 Å². The van der Waals surface area contributed by atoms with Gasteiger partial charge in [-0.1, -0.05) is 54.6 Å². The van der Waals surface area contributed by atoms with E-state index >= 15 is 0 Å². The maximum absolute atomic E-state index is 13.1. The zero-order valence-corrected chi connectivity index (χ0v) is 16.2. The molecule has 5 rings (SSSR count). The van der Waals surface area contributed by atoms with E-state index in [4.69, 9.17) is 0 Å². The second-order valence-corrected chi connectivity index (χ2v) is 7.31. The Morgan fingerprint density at radius 2 is 1.67 bits per heavy atom. The maximum atomic E-state index is 13.1. The summed E-state index contributed by atoms with van der Waals surface area (Å²) >= 11 is 0. The predicted molar refractivity (Wildman–Crippen MR) is 112 cm³/mol. The number of fused-ring (bicyclic) bond motifs is 1. The van der Waals surface area contributed by atoms with E-state index in [1.54, 1.807) is 4.90 Å². The van der Waals surface area contributed by atoms with Crippen molar-refractivity contribution in [3.8, 4) is 22.4 Å². The number of halogens is 1. The molecule has 30 heavy (non-hydrogen) atoms. The Kier molecular flexibility index (Phi) is 4.59. The molecule has 0 fully saturated rings. The lowest BCUT2D eigenvalue weighted by atomic mass is 9.98. The quantitative estimate of drug-likeness (QED) is 0.554. The monoisotopic (exact) mass is 398 g/mol. The van der Waals surface area contributed by atoms with Crippen LogP contribution in [0.4, 0.5) is 4.39 Å². The molecule has 6 heteroatoms. The van der Waals surface area contributed by atoms with Gasteiger partial charge in [-0.15, -0.1) is 0 Å². The highest BCUT2D eigenvalue weighted by molar-refractivity contribution is 5.92. The van der Waals surface area contributed by atoms with E-state index < -0.39 is 5.82 Å². The van der Waals surface area contributed by atoms with Crippen LogP contribution in [0.5, 0.6) is 0 Å². The standard InChI is InChI=1S/C24H19FN4O/c25-19-10-11-22(26-14-19)24(30)29-13-12-21-20(15-29)23(28-27-21)18-8-6-17(7-9-18)16-4-2-1-3-5-16/h1-11,14H,12-13,15H2,(H,27,28). The first kappa shape index (κ1) is 18.2. The SMILES string of the molecule is O=C(c1ccc(F)cn1)N1CCc2[nH]nc(-c3ccc(-c4ccccc4)cc3)c2C1. The predicted octanol–water partition coefficient (Wildman–Crippen LogP) is 4.48. The molecule has 0 atom stereocenters. The van der Waals surface area contributed by atoms with E-state index in [1.165, 1.54) is 12.1 Å². The second-order valence-electron chi connectivity index (χ2n) is 7.31. The Hall–Kier alpha value is -3.80. The van der Waals surface area contributed by atoms with Crippen LogP contribution in [0.3, 0.4) is 0 Å². The van der Waals surface area contributed by atoms with Gasteiger partial charge in [0.2, 0.25) is 0 Å². The number of nitrogens with zero attached hydrogens (tertiary/aromatic N) is 3. The number of hydrogen-bond donors (Lipinski definition) is 1. The average molecular weight is 398 g/mol. The Morgan fingerprint density at radius 3 is 2.40 bits per heavy atom. The number of benzene rings is 2. The fraction of sp³-hybridized carbons (Fsp3) is 0.125. The van der Waals surface area contributed by atoms with Crippen molar-refractivity contribution in [2.45, 2.75) is 13.0 Å². The second kappa shape index (κ2) is 7.55. The van der Waals surface area contributed by atoms with Crippen molar-refractivity contribution in [3.63, 3.8) is 0 Å². The van der Waals surface area contributed by atoms with Crippen LogP contribution >= 0.6 is 0 Å². The molecule has 2 aromatic carbocycles. The summed E-state index contributed by atoms with van der Waals surface area (Å²) in [5, 5.41) is 7.64. The van der Waals surface area contributed by atoms with E-state index in [1.807, 2.05) is 18.2 Å². The first-order valence-corrected chi connectivity index (χ1v) is 9.82. The number of amides is 1. The zero-order valence-electron chi connectivity index (χ0n) is 16.2. The molecule has 0 aliphatic carbocycles.